The lowest BCUT2D eigenvalue weighted by Crippen LogP contribution is -2.39. The zero-order valence-corrected chi connectivity index (χ0v) is 25.1. The molecule has 2 aliphatic carbocycles. The van der Waals surface area contributed by atoms with Crippen molar-refractivity contribution in [1.82, 2.24) is 10.6 Å². The van der Waals surface area contributed by atoms with Crippen LogP contribution in [0.15, 0.2) is 18.2 Å². The van der Waals surface area contributed by atoms with E-state index in [0.29, 0.717) is 76.7 Å². The molecule has 0 bridgehead atoms. The van der Waals surface area contributed by atoms with Crippen molar-refractivity contribution in [2.75, 3.05) is 46.6 Å². The van der Waals surface area contributed by atoms with E-state index >= 15 is 0 Å². The second-order valence-electron chi connectivity index (χ2n) is 11.8. The fourth-order valence-corrected chi connectivity index (χ4v) is 5.34. The molecule has 1 aromatic carbocycles. The Labute approximate surface area is 244 Å². The fraction of sp³-hybridized carbons (Fsp3) is 0.710. The summed E-state index contributed by atoms with van der Waals surface area (Å²) in [4.78, 5) is 24.3. The Hall–Kier alpha value is -3.03. The molecule has 0 spiro atoms. The molecule has 2 saturated carbocycles. The molecule has 0 unspecified atom stereocenters. The van der Waals surface area contributed by atoms with Gasteiger partial charge in [-0.25, -0.2) is 4.79 Å². The normalized spacial score (nSPS) is 21.1. The quantitative estimate of drug-likeness (QED) is 0.308. The Morgan fingerprint density at radius 1 is 0.951 bits per heavy atom. The minimum atomic E-state index is -0.637. The van der Waals surface area contributed by atoms with Gasteiger partial charge in [0, 0.05) is 19.0 Å². The first-order valence-corrected chi connectivity index (χ1v) is 14.8. The van der Waals surface area contributed by atoms with E-state index in [2.05, 4.69) is 16.7 Å². The van der Waals surface area contributed by atoms with Crippen LogP contribution in [-0.4, -0.2) is 70.3 Å². The average molecular weight is 574 g/mol. The van der Waals surface area contributed by atoms with Crippen LogP contribution in [0.5, 0.6) is 11.5 Å². The Balaban J connectivity index is 1.33. The van der Waals surface area contributed by atoms with E-state index in [1.54, 1.807) is 7.11 Å². The third-order valence-corrected chi connectivity index (χ3v) is 7.57. The van der Waals surface area contributed by atoms with Crippen molar-refractivity contribution < 1.29 is 33.3 Å². The Morgan fingerprint density at radius 3 is 2.17 bits per heavy atom. The van der Waals surface area contributed by atoms with Crippen molar-refractivity contribution in [3.8, 4) is 17.6 Å². The van der Waals surface area contributed by atoms with E-state index in [4.69, 9.17) is 23.7 Å². The molecule has 2 N–H and O–H groups in total. The first kappa shape index (κ1) is 32.5. The summed E-state index contributed by atoms with van der Waals surface area (Å²) >= 11 is 0. The van der Waals surface area contributed by atoms with Gasteiger partial charge in [-0.15, -0.1) is 0 Å². The highest BCUT2D eigenvalue weighted by molar-refractivity contribution is 5.78. The van der Waals surface area contributed by atoms with Gasteiger partial charge in [0.05, 0.1) is 51.1 Å². The van der Waals surface area contributed by atoms with E-state index in [-0.39, 0.29) is 17.9 Å². The standard InChI is InChI=1S/C31H47N3O7/c1-30(2,3)41-29(36)34-16-18-39-20-19-38-17-15-33-28(35)23-11-13-31(22-32,14-12-23)24-9-10-26(37-4)27(21-24)40-25-7-5-6-8-25/h9-10,21,23,25H,5-8,11-20H2,1-4H3,(H,33,35)(H,34,36). The number of ether oxygens (including phenoxy) is 5. The highest BCUT2D eigenvalue weighted by Gasteiger charge is 2.39. The minimum absolute atomic E-state index is 0.00425. The van der Waals surface area contributed by atoms with Crippen LogP contribution in [0.4, 0.5) is 4.79 Å². The number of hydrogen-bond donors (Lipinski definition) is 2. The number of benzene rings is 1. The summed E-state index contributed by atoms with van der Waals surface area (Å²) in [5.41, 5.74) is -0.232. The van der Waals surface area contributed by atoms with Crippen molar-refractivity contribution in [1.29, 1.82) is 5.26 Å². The molecule has 2 amide bonds. The highest BCUT2D eigenvalue weighted by Crippen LogP contribution is 2.44. The van der Waals surface area contributed by atoms with Gasteiger partial charge in [0.1, 0.15) is 5.60 Å². The molecule has 3 rings (SSSR count). The molecule has 2 fully saturated rings. The van der Waals surface area contributed by atoms with E-state index < -0.39 is 17.1 Å². The summed E-state index contributed by atoms with van der Waals surface area (Å²) < 4.78 is 27.9. The summed E-state index contributed by atoms with van der Waals surface area (Å²) in [5.74, 6) is 1.27. The number of carbonyl (C=O) groups is 2. The zero-order chi connectivity index (χ0) is 29.7. The number of alkyl carbamates (subject to hydrolysis) is 1. The monoisotopic (exact) mass is 573 g/mol. The van der Waals surface area contributed by atoms with Crippen molar-refractivity contribution in [3.63, 3.8) is 0 Å². The Bertz CT molecular complexity index is 1020. The van der Waals surface area contributed by atoms with Gasteiger partial charge in [0.2, 0.25) is 5.91 Å². The van der Waals surface area contributed by atoms with Crippen molar-refractivity contribution >= 4 is 12.0 Å². The van der Waals surface area contributed by atoms with E-state index in [0.717, 1.165) is 18.4 Å². The SMILES string of the molecule is COc1ccc(C2(C#N)CCC(C(=O)NCCOCCOCCNC(=O)OC(C)(C)C)CC2)cc1OC1CCCC1. The van der Waals surface area contributed by atoms with Gasteiger partial charge < -0.3 is 34.3 Å². The molecule has 2 aliphatic rings. The molecule has 0 heterocycles. The Morgan fingerprint density at radius 2 is 1.59 bits per heavy atom. The maximum absolute atomic E-state index is 12.8. The molecule has 0 radical (unpaired) electrons. The van der Waals surface area contributed by atoms with E-state index in [1.807, 2.05) is 39.0 Å². The summed E-state index contributed by atoms with van der Waals surface area (Å²) in [5, 5.41) is 15.8. The van der Waals surface area contributed by atoms with Gasteiger partial charge in [0.15, 0.2) is 11.5 Å². The van der Waals surface area contributed by atoms with Crippen LogP contribution in [0.3, 0.4) is 0 Å². The predicted molar refractivity (Wildman–Crippen MR) is 154 cm³/mol. The first-order valence-electron chi connectivity index (χ1n) is 14.8. The van der Waals surface area contributed by atoms with Crippen LogP contribution < -0.4 is 20.1 Å². The van der Waals surface area contributed by atoms with Crippen molar-refractivity contribution in [2.24, 2.45) is 5.92 Å². The number of hydrogen-bond acceptors (Lipinski definition) is 8. The lowest BCUT2D eigenvalue weighted by molar-refractivity contribution is -0.126. The van der Waals surface area contributed by atoms with Crippen molar-refractivity contribution in [3.05, 3.63) is 23.8 Å². The zero-order valence-electron chi connectivity index (χ0n) is 25.1. The van der Waals surface area contributed by atoms with Gasteiger partial charge in [-0.1, -0.05) is 6.07 Å². The molecule has 10 heteroatoms. The van der Waals surface area contributed by atoms with Gasteiger partial charge in [0.25, 0.3) is 0 Å². The number of methoxy groups -OCH3 is 1. The van der Waals surface area contributed by atoms with Crippen LogP contribution >= 0.6 is 0 Å². The molecule has 0 atom stereocenters. The number of nitrogens with one attached hydrogen (secondary N) is 2. The summed E-state index contributed by atoms with van der Waals surface area (Å²) in [6, 6.07) is 8.39. The van der Waals surface area contributed by atoms with Crippen LogP contribution in [0.2, 0.25) is 0 Å². The van der Waals surface area contributed by atoms with E-state index in [1.165, 1.54) is 12.8 Å². The Kier molecular flexibility index (Phi) is 12.5. The van der Waals surface area contributed by atoms with Crippen LogP contribution in [0, 0.1) is 17.2 Å². The highest BCUT2D eigenvalue weighted by atomic mass is 16.6. The third kappa shape index (κ3) is 10.4. The number of nitrogens with zero attached hydrogens (tertiary/aromatic N) is 1. The van der Waals surface area contributed by atoms with Gasteiger partial charge in [-0.05, 0) is 89.8 Å². The molecule has 10 nitrogen and oxygen atoms in total. The number of nitriles is 1. The third-order valence-electron chi connectivity index (χ3n) is 7.57. The molecule has 0 saturated heterocycles. The van der Waals surface area contributed by atoms with E-state index in [9.17, 15) is 14.9 Å². The average Bonchev–Trinajstić information content (AvgIpc) is 3.46. The lowest BCUT2D eigenvalue weighted by atomic mass is 9.67. The molecule has 41 heavy (non-hydrogen) atoms. The lowest BCUT2D eigenvalue weighted by Gasteiger charge is -2.35. The van der Waals surface area contributed by atoms with Gasteiger partial charge in [-0.3, -0.25) is 4.79 Å². The topological polar surface area (TPSA) is 128 Å². The number of amides is 2. The van der Waals surface area contributed by atoms with Crippen LogP contribution in [0.1, 0.15) is 77.7 Å². The molecule has 1 aromatic rings. The number of rotatable bonds is 14. The second-order valence-corrected chi connectivity index (χ2v) is 11.8. The summed E-state index contributed by atoms with van der Waals surface area (Å²) in [6.45, 7) is 7.72. The van der Waals surface area contributed by atoms with Gasteiger partial charge >= 0.3 is 6.09 Å². The maximum Gasteiger partial charge on any atom is 0.407 e. The molecular weight excluding hydrogens is 526 g/mol. The fourth-order valence-electron chi connectivity index (χ4n) is 5.34. The molecule has 0 aromatic heterocycles. The molecule has 228 valence electrons. The van der Waals surface area contributed by atoms with Gasteiger partial charge in [-0.2, -0.15) is 5.26 Å². The van der Waals surface area contributed by atoms with Crippen LogP contribution in [0.25, 0.3) is 0 Å². The number of carbonyl (C=O) groups excluding carboxylic acids is 2. The second kappa shape index (κ2) is 15.8. The predicted octanol–water partition coefficient (Wildman–Crippen LogP) is 4.64. The smallest absolute Gasteiger partial charge is 0.407 e. The molecule has 0 aliphatic heterocycles. The molecular formula is C31H47N3O7. The summed E-state index contributed by atoms with van der Waals surface area (Å²) in [6.07, 6.45) is 6.70. The summed E-state index contributed by atoms with van der Waals surface area (Å²) in [7, 11) is 1.63. The minimum Gasteiger partial charge on any atom is -0.493 e. The van der Waals surface area contributed by atoms with Crippen molar-refractivity contribution in [2.45, 2.75) is 89.3 Å². The maximum atomic E-state index is 12.8. The van der Waals surface area contributed by atoms with Crippen LogP contribution in [-0.2, 0) is 24.4 Å². The largest absolute Gasteiger partial charge is 0.493 e. The first-order chi connectivity index (χ1) is 19.7.